The molecule has 0 radical (unpaired) electrons. The highest BCUT2D eigenvalue weighted by Gasteiger charge is 2.44. The van der Waals surface area contributed by atoms with Gasteiger partial charge in [0.25, 0.3) is 0 Å². The Morgan fingerprint density at radius 1 is 0.743 bits per heavy atom. The minimum Gasteiger partial charge on any atom is -0.347 e. The molecule has 0 fully saturated rings. The van der Waals surface area contributed by atoms with Crippen LogP contribution in [-0.2, 0) is 17.9 Å². The normalized spacial score (nSPS) is 18.7. The molecule has 2 aliphatic rings. The van der Waals surface area contributed by atoms with Crippen molar-refractivity contribution in [3.63, 3.8) is 0 Å². The average molecular weight is 473 g/mol. The quantitative estimate of drug-likeness (QED) is 0.413. The number of fused-ring (bicyclic) bond motifs is 2. The first kappa shape index (κ1) is 26.9. The van der Waals surface area contributed by atoms with Crippen LogP contribution in [0.15, 0.2) is 28.9 Å². The molecular formula is C32H46N3+. The summed E-state index contributed by atoms with van der Waals surface area (Å²) in [7, 11) is 4.35. The minimum absolute atomic E-state index is 0. The molecule has 2 aliphatic heterocycles. The van der Waals surface area contributed by atoms with Gasteiger partial charge in [0.05, 0.1) is 18.0 Å². The predicted molar refractivity (Wildman–Crippen MR) is 153 cm³/mol. The first-order chi connectivity index (χ1) is 15.7. The zero-order valence-electron chi connectivity index (χ0n) is 23.6. The fourth-order valence-electron chi connectivity index (χ4n) is 6.41. The van der Waals surface area contributed by atoms with Crippen LogP contribution in [0.1, 0.15) is 85.3 Å². The van der Waals surface area contributed by atoms with Crippen molar-refractivity contribution in [2.75, 3.05) is 11.9 Å². The number of pyridine rings is 1. The molecule has 0 aliphatic carbocycles. The lowest BCUT2D eigenvalue weighted by Gasteiger charge is -2.25. The van der Waals surface area contributed by atoms with Gasteiger partial charge in [-0.05, 0) is 118 Å². The second-order valence-electron chi connectivity index (χ2n) is 11.5. The molecule has 0 atom stereocenters. The predicted octanol–water partition coefficient (Wildman–Crippen LogP) is 7.54. The van der Waals surface area contributed by atoms with Gasteiger partial charge in [-0.2, -0.15) is 0 Å². The molecule has 188 valence electrons. The topological polar surface area (TPSA) is 19.5 Å². The van der Waals surface area contributed by atoms with E-state index in [2.05, 4.69) is 118 Å². The van der Waals surface area contributed by atoms with E-state index in [0.29, 0.717) is 0 Å². The first-order valence-electron chi connectivity index (χ1n) is 12.5. The summed E-state index contributed by atoms with van der Waals surface area (Å²) in [5.41, 5.74) is 16.1. The van der Waals surface area contributed by atoms with Gasteiger partial charge < -0.3 is 4.90 Å². The summed E-state index contributed by atoms with van der Waals surface area (Å²) < 4.78 is 2.25. The van der Waals surface area contributed by atoms with Gasteiger partial charge in [0, 0.05) is 23.8 Å². The van der Waals surface area contributed by atoms with E-state index in [1.54, 1.807) is 0 Å². The maximum absolute atomic E-state index is 5.13. The van der Waals surface area contributed by atoms with E-state index in [0.717, 1.165) is 11.5 Å². The number of hydrogen-bond acceptors (Lipinski definition) is 2. The van der Waals surface area contributed by atoms with E-state index in [-0.39, 0.29) is 18.3 Å². The molecule has 35 heavy (non-hydrogen) atoms. The summed E-state index contributed by atoms with van der Waals surface area (Å²) in [5, 5.41) is 0. The molecule has 4 rings (SSSR count). The Kier molecular flexibility index (Phi) is 6.51. The van der Waals surface area contributed by atoms with Gasteiger partial charge in [0.2, 0.25) is 0 Å². The van der Waals surface area contributed by atoms with Crippen LogP contribution in [0.5, 0.6) is 0 Å². The van der Waals surface area contributed by atoms with Crippen molar-refractivity contribution in [3.05, 3.63) is 74.1 Å². The lowest BCUT2D eigenvalue weighted by Crippen LogP contribution is -2.36. The number of hydrogen-bond donors (Lipinski definition) is 0. The molecule has 0 unspecified atom stereocenters. The van der Waals surface area contributed by atoms with Gasteiger partial charge in [-0.15, -0.1) is 0 Å². The smallest absolute Gasteiger partial charge is 0.327 e. The molecule has 0 saturated carbocycles. The Morgan fingerprint density at radius 2 is 1.29 bits per heavy atom. The molecule has 1 aromatic heterocycles. The molecule has 0 N–H and O–H groups in total. The fraction of sp³-hybridized carbons (Fsp3) is 0.500. The van der Waals surface area contributed by atoms with Crippen molar-refractivity contribution in [2.24, 2.45) is 12.0 Å². The third-order valence-electron chi connectivity index (χ3n) is 9.14. The molecule has 0 amide bonds. The zero-order valence-corrected chi connectivity index (χ0v) is 23.6. The molecule has 1 aromatic carbocycles. The highest BCUT2D eigenvalue weighted by molar-refractivity contribution is 6.08. The number of rotatable bonds is 2. The molecule has 0 saturated heterocycles. The van der Waals surface area contributed by atoms with Crippen LogP contribution in [-0.4, -0.2) is 12.8 Å². The largest absolute Gasteiger partial charge is 0.347 e. The van der Waals surface area contributed by atoms with Crippen LogP contribution in [0.25, 0.3) is 0 Å². The van der Waals surface area contributed by atoms with E-state index in [1.807, 2.05) is 0 Å². The molecule has 0 spiro atoms. The number of nitrogens with zero attached hydrogens (tertiary/aromatic N) is 3. The summed E-state index contributed by atoms with van der Waals surface area (Å²) in [4.78, 5) is 7.53. The van der Waals surface area contributed by atoms with Gasteiger partial charge in [0.15, 0.2) is 5.71 Å². The van der Waals surface area contributed by atoms with Crippen LogP contribution >= 0.6 is 0 Å². The van der Waals surface area contributed by atoms with Gasteiger partial charge in [0.1, 0.15) is 5.69 Å². The SMILES string of the molecule is C.Cc1c(C)c(C)c2c(c1C)N(C)C(=CC=CC1=Nc3c(c(C)c(C)c(C)[n+]3C)C1(C)C)C2(C)C. The number of anilines is 1. The number of likely N-dealkylation sites (N-methyl/N-ethyl adjacent to an activating group) is 1. The monoisotopic (exact) mass is 472 g/mol. The van der Waals surface area contributed by atoms with E-state index >= 15 is 0 Å². The Morgan fingerprint density at radius 3 is 1.89 bits per heavy atom. The van der Waals surface area contributed by atoms with Crippen molar-refractivity contribution >= 4 is 17.2 Å². The fourth-order valence-corrected chi connectivity index (χ4v) is 6.41. The zero-order chi connectivity index (χ0) is 25.5. The average Bonchev–Trinajstić information content (AvgIpc) is 3.14. The summed E-state index contributed by atoms with van der Waals surface area (Å²) in [6.45, 7) is 25.1. The standard InChI is InChI=1S/C31H42N3.CH4/c1-17-18(2)22(6)28-26(20(17)4)31(10,11)25(34(28)13)16-14-15-24-30(8,9)27-21(5)19(3)23(7)33(12)29(27)32-24;/h14-16H,1-13H3;1H4/q+1;. The van der Waals surface area contributed by atoms with Gasteiger partial charge >= 0.3 is 5.82 Å². The highest BCUT2D eigenvalue weighted by atomic mass is 15.2. The lowest BCUT2D eigenvalue weighted by molar-refractivity contribution is -0.665. The Hall–Kier alpha value is -2.68. The third-order valence-corrected chi connectivity index (χ3v) is 9.14. The number of allylic oxidation sites excluding steroid dienone is 4. The van der Waals surface area contributed by atoms with Crippen molar-refractivity contribution in [1.29, 1.82) is 0 Å². The Labute approximate surface area is 214 Å². The second-order valence-corrected chi connectivity index (χ2v) is 11.5. The number of aliphatic imine (C=N–C) groups is 1. The van der Waals surface area contributed by atoms with Crippen molar-refractivity contribution in [1.82, 2.24) is 0 Å². The van der Waals surface area contributed by atoms with E-state index < -0.39 is 0 Å². The van der Waals surface area contributed by atoms with Crippen LogP contribution in [0.2, 0.25) is 0 Å². The van der Waals surface area contributed by atoms with Crippen molar-refractivity contribution in [2.45, 2.75) is 94.4 Å². The van der Waals surface area contributed by atoms with Crippen LogP contribution < -0.4 is 9.47 Å². The highest BCUT2D eigenvalue weighted by Crippen LogP contribution is 2.51. The molecule has 3 heterocycles. The van der Waals surface area contributed by atoms with Crippen LogP contribution in [0.4, 0.5) is 11.5 Å². The maximum atomic E-state index is 5.13. The van der Waals surface area contributed by atoms with Crippen LogP contribution in [0, 0.1) is 48.5 Å². The number of benzene rings is 1. The van der Waals surface area contributed by atoms with Gasteiger partial charge in [-0.3, -0.25) is 0 Å². The van der Waals surface area contributed by atoms with Crippen molar-refractivity contribution in [3.8, 4) is 0 Å². The summed E-state index contributed by atoms with van der Waals surface area (Å²) in [6, 6.07) is 0. The number of aromatic nitrogens is 1. The molecule has 0 bridgehead atoms. The second kappa shape index (κ2) is 8.47. The van der Waals surface area contributed by atoms with E-state index in [1.165, 1.54) is 61.6 Å². The van der Waals surface area contributed by atoms with Gasteiger partial charge in [-0.25, -0.2) is 4.57 Å². The summed E-state index contributed by atoms with van der Waals surface area (Å²) in [6.07, 6.45) is 6.74. The van der Waals surface area contributed by atoms with Gasteiger partial charge in [-0.1, -0.05) is 27.4 Å². The first-order valence-corrected chi connectivity index (χ1v) is 12.5. The third kappa shape index (κ3) is 3.53. The van der Waals surface area contributed by atoms with E-state index in [4.69, 9.17) is 4.99 Å². The molecular weight excluding hydrogens is 426 g/mol. The molecule has 3 nitrogen and oxygen atoms in total. The van der Waals surface area contributed by atoms with Crippen LogP contribution in [0.3, 0.4) is 0 Å². The summed E-state index contributed by atoms with van der Waals surface area (Å²) in [5.74, 6) is 1.10. The van der Waals surface area contributed by atoms with E-state index in [9.17, 15) is 0 Å². The lowest BCUT2D eigenvalue weighted by atomic mass is 9.78. The Bertz CT molecular complexity index is 1330. The Balaban J connectivity index is 0.00000342. The van der Waals surface area contributed by atoms with Crippen molar-refractivity contribution < 1.29 is 4.57 Å². The molecule has 3 heteroatoms. The maximum Gasteiger partial charge on any atom is 0.327 e. The summed E-state index contributed by atoms with van der Waals surface area (Å²) >= 11 is 0. The minimum atomic E-state index is -0.119. The molecule has 2 aromatic rings.